The number of methoxy groups -OCH3 is 1. The summed E-state index contributed by atoms with van der Waals surface area (Å²) in [5.41, 5.74) is 3.98. The number of aromatic nitrogens is 2. The Kier molecular flexibility index (Phi) is 5.71. The second-order valence-corrected chi connectivity index (χ2v) is 9.25. The summed E-state index contributed by atoms with van der Waals surface area (Å²) in [6.07, 6.45) is 2.51. The van der Waals surface area contributed by atoms with Crippen molar-refractivity contribution < 1.29 is 14.6 Å². The van der Waals surface area contributed by atoms with E-state index in [1.54, 1.807) is 7.11 Å². The van der Waals surface area contributed by atoms with E-state index in [1.165, 1.54) is 12.8 Å². The molecule has 1 N–H and O–H groups in total. The largest absolute Gasteiger partial charge is 0.494 e. The Labute approximate surface area is 194 Å². The van der Waals surface area contributed by atoms with Gasteiger partial charge in [-0.1, -0.05) is 25.1 Å². The Morgan fingerprint density at radius 3 is 2.58 bits per heavy atom. The Morgan fingerprint density at radius 2 is 1.82 bits per heavy atom. The lowest BCUT2D eigenvalue weighted by atomic mass is 9.99. The van der Waals surface area contributed by atoms with Crippen LogP contribution >= 0.6 is 0 Å². The van der Waals surface area contributed by atoms with Crippen LogP contribution in [0.5, 0.6) is 17.4 Å². The summed E-state index contributed by atoms with van der Waals surface area (Å²) >= 11 is 0. The minimum Gasteiger partial charge on any atom is -0.494 e. The normalized spacial score (nSPS) is 15.5. The zero-order valence-electron chi connectivity index (χ0n) is 20.0. The van der Waals surface area contributed by atoms with E-state index < -0.39 is 0 Å². The molecule has 0 radical (unpaired) electrons. The van der Waals surface area contributed by atoms with Crippen molar-refractivity contribution in [2.45, 2.75) is 26.7 Å². The maximum Gasteiger partial charge on any atom is 0.206 e. The summed E-state index contributed by atoms with van der Waals surface area (Å²) in [6.45, 7) is 8.16. The minimum atomic E-state index is 0.248. The lowest BCUT2D eigenvalue weighted by Crippen LogP contribution is -2.35. The first kappa shape index (κ1) is 21.7. The molecular formula is C27H33N3O3. The molecule has 3 heterocycles. The van der Waals surface area contributed by atoms with Crippen molar-refractivity contribution in [3.63, 3.8) is 0 Å². The van der Waals surface area contributed by atoms with E-state index >= 15 is 0 Å². The molecule has 6 nitrogen and oxygen atoms in total. The fourth-order valence-electron chi connectivity index (χ4n) is 5.22. The number of hydrogen-bond acceptors (Lipinski definition) is 4. The van der Waals surface area contributed by atoms with Gasteiger partial charge in [0.25, 0.3) is 0 Å². The fourth-order valence-corrected chi connectivity index (χ4v) is 5.22. The standard InChI is InChI=1S/C27H33N3O3/c1-18-11-13-29(14-12-18)15-16-33-24-17-20(9-10-23(24)32-4)30-19(2)26-25(27(30)31)21-7-5-6-8-22(21)28(26)3/h5-10,17-18,31H,11-16H2,1-4H3. The molecule has 0 bridgehead atoms. The highest BCUT2D eigenvalue weighted by Gasteiger charge is 2.22. The Bertz CT molecular complexity index is 1300. The van der Waals surface area contributed by atoms with E-state index in [4.69, 9.17) is 9.47 Å². The molecule has 0 atom stereocenters. The first-order valence-electron chi connectivity index (χ1n) is 11.8. The summed E-state index contributed by atoms with van der Waals surface area (Å²) < 4.78 is 15.8. The number of benzene rings is 2. The van der Waals surface area contributed by atoms with Crippen LogP contribution in [0.3, 0.4) is 0 Å². The zero-order valence-corrected chi connectivity index (χ0v) is 20.0. The van der Waals surface area contributed by atoms with Gasteiger partial charge in [-0.3, -0.25) is 9.47 Å². The highest BCUT2D eigenvalue weighted by molar-refractivity contribution is 6.12. The molecule has 5 rings (SSSR count). The van der Waals surface area contributed by atoms with Crippen LogP contribution in [0.25, 0.3) is 27.5 Å². The van der Waals surface area contributed by atoms with Crippen molar-refractivity contribution in [2.24, 2.45) is 13.0 Å². The van der Waals surface area contributed by atoms with E-state index in [0.717, 1.165) is 58.7 Å². The van der Waals surface area contributed by atoms with Gasteiger partial charge in [0, 0.05) is 36.3 Å². The molecular weight excluding hydrogens is 414 g/mol. The number of nitrogens with zero attached hydrogens (tertiary/aromatic N) is 3. The average Bonchev–Trinajstić information content (AvgIpc) is 3.27. The molecule has 6 heteroatoms. The first-order valence-corrected chi connectivity index (χ1v) is 11.8. The Hall–Kier alpha value is -3.12. The number of likely N-dealkylation sites (tertiary alicyclic amines) is 1. The van der Waals surface area contributed by atoms with E-state index in [0.29, 0.717) is 18.1 Å². The van der Waals surface area contributed by atoms with Crippen molar-refractivity contribution >= 4 is 21.8 Å². The predicted molar refractivity (Wildman–Crippen MR) is 133 cm³/mol. The van der Waals surface area contributed by atoms with Crippen LogP contribution in [0, 0.1) is 12.8 Å². The quantitative estimate of drug-likeness (QED) is 0.438. The third-order valence-electron chi connectivity index (χ3n) is 7.17. The van der Waals surface area contributed by atoms with Gasteiger partial charge in [-0.05, 0) is 57.0 Å². The molecule has 33 heavy (non-hydrogen) atoms. The van der Waals surface area contributed by atoms with Gasteiger partial charge in [0.2, 0.25) is 5.88 Å². The molecule has 0 spiro atoms. The van der Waals surface area contributed by atoms with Crippen LogP contribution in [-0.4, -0.2) is 52.5 Å². The van der Waals surface area contributed by atoms with Crippen LogP contribution in [-0.2, 0) is 7.05 Å². The second kappa shape index (κ2) is 8.67. The van der Waals surface area contributed by atoms with Gasteiger partial charge in [-0.2, -0.15) is 0 Å². The molecule has 0 aliphatic carbocycles. The molecule has 0 unspecified atom stereocenters. The third-order valence-corrected chi connectivity index (χ3v) is 7.17. The summed E-state index contributed by atoms with van der Waals surface area (Å²) in [5.74, 6) is 2.47. The van der Waals surface area contributed by atoms with Crippen LogP contribution < -0.4 is 9.47 Å². The number of aromatic hydroxyl groups is 1. The summed E-state index contributed by atoms with van der Waals surface area (Å²) in [6, 6.07) is 14.0. The summed E-state index contributed by atoms with van der Waals surface area (Å²) in [4.78, 5) is 2.47. The number of aryl methyl sites for hydroxylation is 2. The van der Waals surface area contributed by atoms with Crippen molar-refractivity contribution in [3.05, 3.63) is 48.2 Å². The van der Waals surface area contributed by atoms with Crippen molar-refractivity contribution in [2.75, 3.05) is 33.4 Å². The first-order chi connectivity index (χ1) is 16.0. The van der Waals surface area contributed by atoms with E-state index in [2.05, 4.69) is 28.5 Å². The minimum absolute atomic E-state index is 0.248. The molecule has 2 aromatic heterocycles. The van der Waals surface area contributed by atoms with Crippen molar-refractivity contribution in [3.8, 4) is 23.1 Å². The number of rotatable bonds is 6. The topological polar surface area (TPSA) is 51.8 Å². The number of fused-ring (bicyclic) bond motifs is 3. The van der Waals surface area contributed by atoms with Crippen LogP contribution in [0.2, 0.25) is 0 Å². The number of para-hydroxylation sites is 1. The van der Waals surface area contributed by atoms with Gasteiger partial charge in [-0.15, -0.1) is 0 Å². The van der Waals surface area contributed by atoms with Gasteiger partial charge < -0.3 is 19.1 Å². The van der Waals surface area contributed by atoms with Crippen LogP contribution in [0.1, 0.15) is 25.5 Å². The monoisotopic (exact) mass is 447 g/mol. The van der Waals surface area contributed by atoms with Crippen LogP contribution in [0.15, 0.2) is 42.5 Å². The zero-order chi connectivity index (χ0) is 23.1. The van der Waals surface area contributed by atoms with Crippen LogP contribution in [0.4, 0.5) is 0 Å². The maximum atomic E-state index is 11.3. The van der Waals surface area contributed by atoms with Crippen molar-refractivity contribution in [1.82, 2.24) is 14.0 Å². The summed E-state index contributed by atoms with van der Waals surface area (Å²) in [7, 11) is 3.71. The van der Waals surface area contributed by atoms with Gasteiger partial charge in [0.05, 0.1) is 23.7 Å². The lowest BCUT2D eigenvalue weighted by molar-refractivity contribution is 0.158. The molecule has 1 saturated heterocycles. The smallest absolute Gasteiger partial charge is 0.206 e. The fraction of sp³-hybridized carbons (Fsp3) is 0.407. The van der Waals surface area contributed by atoms with Gasteiger partial charge >= 0.3 is 0 Å². The molecule has 4 aromatic rings. The number of piperidine rings is 1. The Balaban J connectivity index is 1.47. The average molecular weight is 448 g/mol. The van der Waals surface area contributed by atoms with E-state index in [-0.39, 0.29) is 5.88 Å². The maximum absolute atomic E-state index is 11.3. The highest BCUT2D eigenvalue weighted by atomic mass is 16.5. The molecule has 174 valence electrons. The Morgan fingerprint density at radius 1 is 1.06 bits per heavy atom. The molecule has 1 aliphatic rings. The molecule has 1 aliphatic heterocycles. The molecule has 0 amide bonds. The second-order valence-electron chi connectivity index (χ2n) is 9.25. The number of ether oxygens (including phenoxy) is 2. The van der Waals surface area contributed by atoms with Gasteiger partial charge in [-0.25, -0.2) is 0 Å². The van der Waals surface area contributed by atoms with E-state index in [9.17, 15) is 5.11 Å². The third kappa shape index (κ3) is 3.72. The molecule has 1 fully saturated rings. The SMILES string of the molecule is COc1ccc(-n2c(O)c3c4ccccc4n(C)c3c2C)cc1OCCN1CCC(C)CC1. The summed E-state index contributed by atoms with van der Waals surface area (Å²) in [5, 5.41) is 13.2. The van der Waals surface area contributed by atoms with Gasteiger partial charge in [0.15, 0.2) is 11.5 Å². The van der Waals surface area contributed by atoms with Crippen molar-refractivity contribution in [1.29, 1.82) is 0 Å². The highest BCUT2D eigenvalue weighted by Crippen LogP contribution is 2.41. The predicted octanol–water partition coefficient (Wildman–Crippen LogP) is 5.26. The number of hydrogen-bond donors (Lipinski definition) is 1. The van der Waals surface area contributed by atoms with E-state index in [1.807, 2.05) is 48.9 Å². The lowest BCUT2D eigenvalue weighted by Gasteiger charge is -2.30. The van der Waals surface area contributed by atoms with Gasteiger partial charge in [0.1, 0.15) is 6.61 Å². The molecule has 0 saturated carbocycles. The molecule has 2 aromatic carbocycles.